The summed E-state index contributed by atoms with van der Waals surface area (Å²) in [5.74, 6) is 1.95. The van der Waals surface area contributed by atoms with Crippen molar-refractivity contribution in [2.24, 2.45) is 0 Å². The van der Waals surface area contributed by atoms with Crippen molar-refractivity contribution < 1.29 is 4.52 Å². The molecular weight excluding hydrogens is 248 g/mol. The molecule has 0 spiro atoms. The summed E-state index contributed by atoms with van der Waals surface area (Å²) in [6, 6.07) is 3.70. The highest BCUT2D eigenvalue weighted by molar-refractivity contribution is 7.98. The minimum Gasteiger partial charge on any atom is -0.397 e. The van der Waals surface area contributed by atoms with Gasteiger partial charge in [0.05, 0.1) is 22.7 Å². The van der Waals surface area contributed by atoms with Gasteiger partial charge >= 0.3 is 0 Å². The van der Waals surface area contributed by atoms with Crippen LogP contribution in [0.3, 0.4) is 0 Å². The van der Waals surface area contributed by atoms with Crippen molar-refractivity contribution in [1.82, 2.24) is 15.1 Å². The summed E-state index contributed by atoms with van der Waals surface area (Å²) >= 11 is 1.54. The van der Waals surface area contributed by atoms with Crippen molar-refractivity contribution >= 4 is 17.4 Å². The van der Waals surface area contributed by atoms with Gasteiger partial charge in [-0.15, -0.1) is 0 Å². The molecule has 6 heteroatoms. The van der Waals surface area contributed by atoms with E-state index in [1.807, 2.05) is 12.1 Å². The molecule has 0 aliphatic rings. The van der Waals surface area contributed by atoms with Crippen LogP contribution in [-0.4, -0.2) is 15.1 Å². The van der Waals surface area contributed by atoms with Gasteiger partial charge in [-0.3, -0.25) is 0 Å². The molecule has 2 heterocycles. The summed E-state index contributed by atoms with van der Waals surface area (Å²) in [6.45, 7) is 6.16. The minimum absolute atomic E-state index is 0.0914. The zero-order chi connectivity index (χ0) is 13.2. The van der Waals surface area contributed by atoms with Crippen LogP contribution in [0.5, 0.6) is 0 Å². The van der Waals surface area contributed by atoms with E-state index in [2.05, 4.69) is 35.9 Å². The fourth-order valence-electron chi connectivity index (χ4n) is 1.23. The second-order valence-corrected chi connectivity index (χ2v) is 5.98. The Morgan fingerprint density at radius 2 is 2.11 bits per heavy atom. The highest BCUT2D eigenvalue weighted by atomic mass is 32.2. The first-order valence-electron chi connectivity index (χ1n) is 5.62. The van der Waals surface area contributed by atoms with E-state index < -0.39 is 0 Å². The number of nitrogens with zero attached hydrogens (tertiary/aromatic N) is 3. The molecule has 0 bridgehead atoms. The van der Waals surface area contributed by atoms with Gasteiger partial charge in [-0.1, -0.05) is 37.7 Å². The normalized spacial score (nSPS) is 11.7. The highest BCUT2D eigenvalue weighted by Gasteiger charge is 2.20. The molecule has 2 aromatic heterocycles. The number of anilines is 1. The Labute approximate surface area is 110 Å². The monoisotopic (exact) mass is 264 g/mol. The Hall–Kier alpha value is -1.56. The fourth-order valence-corrected chi connectivity index (χ4v) is 1.91. The third-order valence-electron chi connectivity index (χ3n) is 2.24. The maximum atomic E-state index is 5.57. The first kappa shape index (κ1) is 12.9. The molecule has 0 unspecified atom stereocenters. The lowest BCUT2D eigenvalue weighted by molar-refractivity contribution is 0.373. The summed E-state index contributed by atoms with van der Waals surface area (Å²) < 4.78 is 5.20. The molecule has 18 heavy (non-hydrogen) atoms. The summed E-state index contributed by atoms with van der Waals surface area (Å²) in [5.41, 5.74) is 6.14. The topological polar surface area (TPSA) is 77.8 Å². The zero-order valence-electron chi connectivity index (χ0n) is 10.7. The summed E-state index contributed by atoms with van der Waals surface area (Å²) in [5, 5.41) is 4.86. The Morgan fingerprint density at radius 1 is 1.33 bits per heavy atom. The number of nitrogens with two attached hydrogens (primary N) is 1. The third-order valence-corrected chi connectivity index (χ3v) is 3.17. The second-order valence-electron chi connectivity index (χ2n) is 4.98. The number of aromatic nitrogens is 3. The number of rotatable bonds is 3. The van der Waals surface area contributed by atoms with E-state index in [0.717, 1.165) is 10.9 Å². The molecule has 0 aliphatic carbocycles. The van der Waals surface area contributed by atoms with E-state index in [4.69, 9.17) is 10.3 Å². The van der Waals surface area contributed by atoms with Crippen LogP contribution in [0.15, 0.2) is 27.9 Å². The van der Waals surface area contributed by atoms with Crippen LogP contribution in [0, 0.1) is 0 Å². The minimum atomic E-state index is -0.0914. The molecule has 0 saturated heterocycles. The van der Waals surface area contributed by atoms with Crippen LogP contribution in [0.1, 0.15) is 32.5 Å². The van der Waals surface area contributed by atoms with Gasteiger partial charge in [0.15, 0.2) is 5.82 Å². The van der Waals surface area contributed by atoms with Gasteiger partial charge in [0, 0.05) is 5.41 Å². The van der Waals surface area contributed by atoms with Gasteiger partial charge < -0.3 is 10.3 Å². The highest BCUT2D eigenvalue weighted by Crippen LogP contribution is 2.23. The molecule has 2 aromatic rings. The molecule has 0 fully saturated rings. The van der Waals surface area contributed by atoms with Crippen LogP contribution >= 0.6 is 11.8 Å². The third kappa shape index (κ3) is 3.22. The van der Waals surface area contributed by atoms with Gasteiger partial charge in [-0.25, -0.2) is 4.98 Å². The van der Waals surface area contributed by atoms with E-state index in [1.54, 1.807) is 18.0 Å². The van der Waals surface area contributed by atoms with Gasteiger partial charge in [0.25, 0.3) is 0 Å². The average Bonchev–Trinajstić information content (AvgIpc) is 2.77. The predicted octanol–water partition coefficient (Wildman–Crippen LogP) is 2.64. The molecule has 0 aromatic carbocycles. The largest absolute Gasteiger partial charge is 0.397 e. The Balaban J connectivity index is 1.98. The maximum absolute atomic E-state index is 5.57. The Bertz CT molecular complexity index is 516. The first-order chi connectivity index (χ1) is 8.45. The number of nitrogen functional groups attached to an aromatic ring is 1. The molecule has 96 valence electrons. The molecule has 0 radical (unpaired) electrons. The van der Waals surface area contributed by atoms with Crippen LogP contribution in [0.25, 0.3) is 0 Å². The van der Waals surface area contributed by atoms with Gasteiger partial charge in [0.1, 0.15) is 0 Å². The lowest BCUT2D eigenvalue weighted by atomic mass is 9.96. The van der Waals surface area contributed by atoms with Crippen molar-refractivity contribution in [1.29, 1.82) is 0 Å². The van der Waals surface area contributed by atoms with E-state index in [1.165, 1.54) is 0 Å². The fraction of sp³-hybridized carbons (Fsp3) is 0.417. The Morgan fingerprint density at radius 3 is 2.67 bits per heavy atom. The summed E-state index contributed by atoms with van der Waals surface area (Å²) in [4.78, 5) is 8.56. The number of hydrogen-bond acceptors (Lipinski definition) is 6. The molecule has 0 saturated carbocycles. The Kier molecular flexibility index (Phi) is 3.56. The summed E-state index contributed by atoms with van der Waals surface area (Å²) in [7, 11) is 0. The smallest absolute Gasteiger partial charge is 0.237 e. The van der Waals surface area contributed by atoms with Crippen molar-refractivity contribution in [2.75, 3.05) is 5.73 Å². The van der Waals surface area contributed by atoms with Crippen molar-refractivity contribution in [3.05, 3.63) is 30.0 Å². The molecule has 2 rings (SSSR count). The van der Waals surface area contributed by atoms with Crippen LogP contribution in [0.2, 0.25) is 0 Å². The zero-order valence-corrected chi connectivity index (χ0v) is 11.5. The van der Waals surface area contributed by atoms with E-state index in [-0.39, 0.29) is 5.41 Å². The van der Waals surface area contributed by atoms with Crippen LogP contribution in [0.4, 0.5) is 5.69 Å². The molecule has 0 atom stereocenters. The molecule has 0 aliphatic heterocycles. The number of thioether (sulfide) groups is 1. The molecule has 0 amide bonds. The molecule has 2 N–H and O–H groups in total. The lowest BCUT2D eigenvalue weighted by Crippen LogP contribution is -2.13. The standard InChI is InChI=1S/C12H16N4OS/c1-12(2,3)11-15-9(17-16-11)7-18-10-5-4-8(13)6-14-10/h4-6H,7,13H2,1-3H3. The van der Waals surface area contributed by atoms with E-state index in [0.29, 0.717) is 17.3 Å². The van der Waals surface area contributed by atoms with E-state index in [9.17, 15) is 0 Å². The predicted molar refractivity (Wildman–Crippen MR) is 71.2 cm³/mol. The second kappa shape index (κ2) is 4.97. The molecule has 5 nitrogen and oxygen atoms in total. The van der Waals surface area contributed by atoms with Crippen molar-refractivity contribution in [3.63, 3.8) is 0 Å². The van der Waals surface area contributed by atoms with Crippen LogP contribution < -0.4 is 5.73 Å². The maximum Gasteiger partial charge on any atom is 0.237 e. The van der Waals surface area contributed by atoms with Gasteiger partial charge in [0.2, 0.25) is 5.89 Å². The number of pyridine rings is 1. The van der Waals surface area contributed by atoms with Crippen LogP contribution in [-0.2, 0) is 11.2 Å². The van der Waals surface area contributed by atoms with Crippen molar-refractivity contribution in [3.8, 4) is 0 Å². The quantitative estimate of drug-likeness (QED) is 0.859. The number of hydrogen-bond donors (Lipinski definition) is 1. The van der Waals surface area contributed by atoms with Crippen molar-refractivity contribution in [2.45, 2.75) is 37.0 Å². The average molecular weight is 264 g/mol. The molecular formula is C12H16N4OS. The van der Waals surface area contributed by atoms with Gasteiger partial charge in [-0.2, -0.15) is 4.98 Å². The van der Waals surface area contributed by atoms with E-state index >= 15 is 0 Å². The lowest BCUT2D eigenvalue weighted by Gasteiger charge is -2.10. The summed E-state index contributed by atoms with van der Waals surface area (Å²) in [6.07, 6.45) is 1.64. The SMILES string of the molecule is CC(C)(C)c1noc(CSc2ccc(N)cn2)n1. The first-order valence-corrected chi connectivity index (χ1v) is 6.61. The van der Waals surface area contributed by atoms with Gasteiger partial charge in [-0.05, 0) is 12.1 Å².